The van der Waals surface area contributed by atoms with Crippen LogP contribution in [0.15, 0.2) is 18.9 Å². The molecule has 0 aromatic rings. The van der Waals surface area contributed by atoms with Crippen LogP contribution in [0.5, 0.6) is 0 Å². The van der Waals surface area contributed by atoms with Gasteiger partial charge in [-0.15, -0.1) is 14.7 Å². The van der Waals surface area contributed by atoms with Crippen molar-refractivity contribution in [1.82, 2.24) is 5.32 Å². The zero-order valence-electron chi connectivity index (χ0n) is 22.1. The molecule has 11 nitrogen and oxygen atoms in total. The number of amides is 1. The molecule has 4 aliphatic rings. The van der Waals surface area contributed by atoms with Gasteiger partial charge in [-0.05, 0) is 92.3 Å². The van der Waals surface area contributed by atoms with E-state index in [0.29, 0.717) is 36.5 Å². The van der Waals surface area contributed by atoms with Crippen LogP contribution < -0.4 is 11.1 Å². The molecule has 0 radical (unpaired) electrons. The van der Waals surface area contributed by atoms with Crippen molar-refractivity contribution in [3.63, 3.8) is 0 Å². The van der Waals surface area contributed by atoms with Gasteiger partial charge >= 0.3 is 0 Å². The Morgan fingerprint density at radius 2 is 1.68 bits per heavy atom. The van der Waals surface area contributed by atoms with Gasteiger partial charge in [-0.3, -0.25) is 4.79 Å². The lowest BCUT2D eigenvalue weighted by atomic mass is 9.41. The van der Waals surface area contributed by atoms with Gasteiger partial charge in [-0.1, -0.05) is 31.9 Å². The van der Waals surface area contributed by atoms with E-state index in [-0.39, 0.29) is 40.6 Å². The smallest absolute Gasteiger partial charge is 0.220 e. The number of nitrogens with two attached hydrogens (primary N) is 1. The molecule has 0 aromatic heterocycles. The van der Waals surface area contributed by atoms with E-state index in [1.165, 1.54) is 6.42 Å². The van der Waals surface area contributed by atoms with Gasteiger partial charge in [0.2, 0.25) is 5.91 Å². The monoisotopic (exact) mass is 538 g/mol. The summed E-state index contributed by atoms with van der Waals surface area (Å²) in [6.45, 7) is 4.76. The number of hydrogen-bond acceptors (Lipinski definition) is 10. The number of carbonyl (C=O) groups excluding carboxylic acids is 1. The molecule has 8 unspecified atom stereocenters. The van der Waals surface area contributed by atoms with Gasteiger partial charge in [-0.25, -0.2) is 0 Å². The average molecular weight is 539 g/mol. The number of fused-ring (bicyclic) bond motifs is 5. The van der Waals surface area contributed by atoms with E-state index in [9.17, 15) is 24.4 Å². The molecular formula is C25H42N6O5S. The van der Waals surface area contributed by atoms with Crippen molar-refractivity contribution in [3.8, 4) is 0 Å². The summed E-state index contributed by atoms with van der Waals surface area (Å²) in [5.41, 5.74) is 6.98. The van der Waals surface area contributed by atoms with E-state index >= 15 is 0 Å². The lowest BCUT2D eigenvalue weighted by Crippen LogP contribution is -2.68. The van der Waals surface area contributed by atoms with Crippen molar-refractivity contribution in [2.24, 2.45) is 59.2 Å². The Bertz CT molecular complexity index is 902. The average Bonchev–Trinajstić information content (AvgIpc) is 3.23. The molecule has 0 saturated heterocycles. The van der Waals surface area contributed by atoms with Crippen LogP contribution in [0.3, 0.4) is 0 Å². The van der Waals surface area contributed by atoms with Crippen LogP contribution in [-0.2, 0) is 4.79 Å². The second kappa shape index (κ2) is 10.7. The van der Waals surface area contributed by atoms with Crippen LogP contribution >= 0.6 is 10.6 Å². The van der Waals surface area contributed by atoms with E-state index in [0.717, 1.165) is 57.8 Å². The fourth-order valence-electron chi connectivity index (χ4n) is 9.11. The summed E-state index contributed by atoms with van der Waals surface area (Å²) in [6.07, 6.45) is 11.7. The summed E-state index contributed by atoms with van der Waals surface area (Å²) in [5.74, 6) is 1.26. The maximum Gasteiger partial charge on any atom is 0.220 e. The van der Waals surface area contributed by atoms with Crippen molar-refractivity contribution < 1.29 is 4.79 Å². The van der Waals surface area contributed by atoms with Gasteiger partial charge in [-0.2, -0.15) is 4.91 Å². The number of nitroso groups, excluding NO2 is 4. The summed E-state index contributed by atoms with van der Waals surface area (Å²) in [5, 5.41) is 6.35. The van der Waals surface area contributed by atoms with Gasteiger partial charge in [0, 0.05) is 32.3 Å². The third-order valence-electron chi connectivity index (χ3n) is 11.2. The van der Waals surface area contributed by atoms with Crippen LogP contribution in [0.4, 0.5) is 0 Å². The zero-order chi connectivity index (χ0) is 26.9. The molecule has 0 spiro atoms. The number of carbonyl (C=O) groups is 1. The molecule has 1 amide bonds. The maximum atomic E-state index is 12.3. The Morgan fingerprint density at radius 1 is 0.973 bits per heavy atom. The van der Waals surface area contributed by atoms with Gasteiger partial charge < -0.3 is 11.1 Å². The standard InChI is InChI=1S/C25H42N6O5S/c1-23-13-10-19-22(20(28-33)16-25(26)12-4-3-11-24(19,25)2)18(23)9-8-17(23)6-5-7-21(32)27-14-15-37(29-34,30-35)31-36/h17-20,22H,3-16,26H2,1-2H3,(H,27,32). The highest BCUT2D eigenvalue weighted by Gasteiger charge is 2.65. The van der Waals surface area contributed by atoms with E-state index in [1.807, 2.05) is 0 Å². The molecule has 0 aliphatic heterocycles. The Hall–Kier alpha value is -1.82. The van der Waals surface area contributed by atoms with Crippen molar-refractivity contribution >= 4 is 16.5 Å². The third-order valence-corrected chi connectivity index (χ3v) is 12.7. The fraction of sp³-hybridized carbons (Fsp3) is 0.960. The van der Waals surface area contributed by atoms with Crippen molar-refractivity contribution in [3.05, 3.63) is 19.6 Å². The molecule has 0 heterocycles. The van der Waals surface area contributed by atoms with Crippen molar-refractivity contribution in [1.29, 1.82) is 0 Å². The van der Waals surface area contributed by atoms with E-state index < -0.39 is 10.6 Å². The zero-order valence-corrected chi connectivity index (χ0v) is 22.9. The number of rotatable bonds is 11. The quantitative estimate of drug-likeness (QED) is 0.305. The van der Waals surface area contributed by atoms with Gasteiger partial charge in [0.15, 0.2) is 10.6 Å². The van der Waals surface area contributed by atoms with Crippen LogP contribution in [0.25, 0.3) is 0 Å². The van der Waals surface area contributed by atoms with Crippen LogP contribution in [0, 0.1) is 54.1 Å². The maximum absolute atomic E-state index is 12.3. The topological polar surface area (TPSA) is 173 Å². The van der Waals surface area contributed by atoms with Gasteiger partial charge in [0.1, 0.15) is 0 Å². The second-order valence-corrected chi connectivity index (χ2v) is 14.7. The van der Waals surface area contributed by atoms with E-state index in [4.69, 9.17) is 5.73 Å². The number of nitrogens with zero attached hydrogens (tertiary/aromatic N) is 4. The van der Waals surface area contributed by atoms with Gasteiger partial charge in [0.05, 0.1) is 11.8 Å². The lowest BCUT2D eigenvalue weighted by molar-refractivity contribution is -0.130. The van der Waals surface area contributed by atoms with E-state index in [2.05, 4.69) is 38.1 Å². The van der Waals surface area contributed by atoms with Crippen LogP contribution in [-0.4, -0.2) is 29.8 Å². The molecule has 8 atom stereocenters. The Morgan fingerprint density at radius 3 is 2.35 bits per heavy atom. The molecule has 4 saturated carbocycles. The van der Waals surface area contributed by atoms with Crippen molar-refractivity contribution in [2.45, 2.75) is 102 Å². The first-order chi connectivity index (χ1) is 17.6. The highest BCUT2D eigenvalue weighted by molar-refractivity contribution is 8.30. The Labute approximate surface area is 220 Å². The summed E-state index contributed by atoms with van der Waals surface area (Å²) < 4.78 is 7.42. The molecular weight excluding hydrogens is 496 g/mol. The van der Waals surface area contributed by atoms with Gasteiger partial charge in [0.25, 0.3) is 0 Å². The first-order valence-electron chi connectivity index (χ1n) is 13.8. The minimum absolute atomic E-state index is 0.0365. The molecule has 208 valence electrons. The van der Waals surface area contributed by atoms with E-state index in [1.54, 1.807) is 0 Å². The third kappa shape index (κ3) is 4.77. The highest BCUT2D eigenvalue weighted by Crippen LogP contribution is 2.68. The Kier molecular flexibility index (Phi) is 8.19. The summed E-state index contributed by atoms with van der Waals surface area (Å²) >= 11 is 0. The minimum atomic E-state index is -3.34. The van der Waals surface area contributed by atoms with Crippen LogP contribution in [0.2, 0.25) is 0 Å². The van der Waals surface area contributed by atoms with Crippen molar-refractivity contribution in [2.75, 3.05) is 12.3 Å². The van der Waals surface area contributed by atoms with Crippen LogP contribution in [0.1, 0.15) is 90.9 Å². The molecule has 4 fully saturated rings. The molecule has 4 rings (SSSR count). The molecule has 3 N–H and O–H groups in total. The molecule has 0 aromatic carbocycles. The summed E-state index contributed by atoms with van der Waals surface area (Å²) in [7, 11) is -3.34. The predicted molar refractivity (Wildman–Crippen MR) is 145 cm³/mol. The summed E-state index contributed by atoms with van der Waals surface area (Å²) in [4.78, 5) is 56.6. The fourth-order valence-corrected chi connectivity index (χ4v) is 9.79. The normalized spacial score (nSPS) is 41.4. The predicted octanol–water partition coefficient (Wildman–Crippen LogP) is 6.00. The number of hydrogen-bond donors (Lipinski definition) is 2. The minimum Gasteiger partial charge on any atom is -0.355 e. The number of nitrogens with one attached hydrogen (secondary N) is 1. The molecule has 37 heavy (non-hydrogen) atoms. The SMILES string of the molecule is CC12CCC3C(C(N=O)CC4(N)CCCCC34C)C1CCC2CCCC(=O)NCCS(N=O)(N=O)N=O. The molecule has 0 bridgehead atoms. The first-order valence-corrected chi connectivity index (χ1v) is 15.5. The first kappa shape index (κ1) is 28.2. The molecule has 4 aliphatic carbocycles. The molecule has 12 heteroatoms. The summed E-state index contributed by atoms with van der Waals surface area (Å²) in [6, 6.07) is -0.202. The largest absolute Gasteiger partial charge is 0.355 e. The lowest BCUT2D eigenvalue weighted by Gasteiger charge is -2.65. The Balaban J connectivity index is 1.35. The highest BCUT2D eigenvalue weighted by atomic mass is 32.3. The second-order valence-electron chi connectivity index (χ2n) is 12.6.